The van der Waals surface area contributed by atoms with Gasteiger partial charge >= 0.3 is 0 Å². The van der Waals surface area contributed by atoms with E-state index in [0.29, 0.717) is 16.7 Å². The summed E-state index contributed by atoms with van der Waals surface area (Å²) in [5.74, 6) is -1.46. The van der Waals surface area contributed by atoms with Gasteiger partial charge in [0.2, 0.25) is 5.91 Å². The zero-order valence-electron chi connectivity index (χ0n) is 11.1. The minimum absolute atomic E-state index is 0.334. The molecule has 0 fully saturated rings. The average Bonchev–Trinajstić information content (AvgIpc) is 2.71. The minimum Gasteiger partial charge on any atom is -0.370 e. The van der Waals surface area contributed by atoms with Crippen molar-refractivity contribution >= 4 is 17.5 Å². The summed E-state index contributed by atoms with van der Waals surface area (Å²) in [6.45, 7) is 0. The summed E-state index contributed by atoms with van der Waals surface area (Å²) in [6, 6.07) is 9.72. The predicted octanol–water partition coefficient (Wildman–Crippen LogP) is 1.27. The van der Waals surface area contributed by atoms with E-state index < -0.39 is 11.3 Å². The molecule has 5 nitrogen and oxygen atoms in total. The van der Waals surface area contributed by atoms with E-state index in [1.807, 2.05) is 0 Å². The molecule has 0 saturated carbocycles. The quantitative estimate of drug-likeness (QED) is 0.857. The Morgan fingerprint density at radius 1 is 1.00 bits per heavy atom. The van der Waals surface area contributed by atoms with E-state index in [-0.39, 0.29) is 18.0 Å². The number of fused-ring (bicyclic) bond motifs is 1. The number of aromatic nitrogens is 1. The van der Waals surface area contributed by atoms with E-state index in [4.69, 9.17) is 5.73 Å². The van der Waals surface area contributed by atoms with Crippen LogP contribution in [0.5, 0.6) is 0 Å². The van der Waals surface area contributed by atoms with Crippen molar-refractivity contribution in [3.05, 3.63) is 65.5 Å². The Labute approximate surface area is 120 Å². The fourth-order valence-corrected chi connectivity index (χ4v) is 2.86. The van der Waals surface area contributed by atoms with Crippen molar-refractivity contribution < 1.29 is 14.4 Å². The van der Waals surface area contributed by atoms with Crippen molar-refractivity contribution in [1.82, 2.24) is 4.98 Å². The number of hydrogen-bond donors (Lipinski definition) is 1. The summed E-state index contributed by atoms with van der Waals surface area (Å²) in [5.41, 5.74) is 4.85. The molecule has 0 atom stereocenters. The molecule has 1 aromatic carbocycles. The highest BCUT2D eigenvalue weighted by molar-refractivity contribution is 6.34. The Morgan fingerprint density at radius 2 is 1.52 bits per heavy atom. The number of primary amides is 1. The fraction of sp³-hybridized carbons (Fsp3) is 0.125. The van der Waals surface area contributed by atoms with Crippen LogP contribution in [-0.2, 0) is 10.2 Å². The van der Waals surface area contributed by atoms with Crippen molar-refractivity contribution in [3.63, 3.8) is 0 Å². The lowest BCUT2D eigenvalue weighted by atomic mass is 9.73. The Bertz CT molecular complexity index is 718. The molecule has 0 spiro atoms. The number of carbonyl (C=O) groups excluding carboxylic acids is 3. The lowest BCUT2D eigenvalue weighted by Gasteiger charge is -2.24. The maximum Gasteiger partial charge on any atom is 0.219 e. The molecular weight excluding hydrogens is 268 g/mol. The van der Waals surface area contributed by atoms with Crippen molar-refractivity contribution in [2.24, 2.45) is 5.73 Å². The summed E-state index contributed by atoms with van der Waals surface area (Å²) in [5, 5.41) is 0. The van der Waals surface area contributed by atoms with E-state index >= 15 is 0 Å². The van der Waals surface area contributed by atoms with Crippen LogP contribution in [-0.4, -0.2) is 22.5 Å². The summed E-state index contributed by atoms with van der Waals surface area (Å²) in [7, 11) is 0. The molecule has 2 N–H and O–H groups in total. The Morgan fingerprint density at radius 3 is 2.00 bits per heavy atom. The molecule has 21 heavy (non-hydrogen) atoms. The van der Waals surface area contributed by atoms with Gasteiger partial charge in [0, 0.05) is 23.5 Å². The van der Waals surface area contributed by atoms with Crippen molar-refractivity contribution in [2.75, 3.05) is 0 Å². The number of Topliss-reactive ketones (excluding diaryl/α,β-unsaturated/α-hetero) is 2. The van der Waals surface area contributed by atoms with Crippen LogP contribution in [0.15, 0.2) is 48.8 Å². The summed E-state index contributed by atoms with van der Waals surface area (Å²) < 4.78 is 0. The highest BCUT2D eigenvalue weighted by Crippen LogP contribution is 2.41. The van der Waals surface area contributed by atoms with Gasteiger partial charge in [0.25, 0.3) is 0 Å². The molecule has 3 rings (SSSR count). The topological polar surface area (TPSA) is 90.1 Å². The average molecular weight is 280 g/mol. The van der Waals surface area contributed by atoms with E-state index in [1.165, 1.54) is 12.4 Å². The largest absolute Gasteiger partial charge is 0.370 e. The molecule has 5 heteroatoms. The fourth-order valence-electron chi connectivity index (χ4n) is 2.86. The number of ketones is 2. The van der Waals surface area contributed by atoms with Gasteiger partial charge in [0.1, 0.15) is 5.41 Å². The second-order valence-electron chi connectivity index (χ2n) is 4.99. The van der Waals surface area contributed by atoms with E-state index in [1.54, 1.807) is 36.4 Å². The maximum atomic E-state index is 12.8. The highest BCUT2D eigenvalue weighted by atomic mass is 16.2. The molecular formula is C16H12N2O3. The second kappa shape index (κ2) is 4.63. The Balaban J connectivity index is 2.26. The monoisotopic (exact) mass is 280 g/mol. The van der Waals surface area contributed by atoms with Gasteiger partial charge in [-0.1, -0.05) is 24.3 Å². The number of nitrogens with zero attached hydrogens (tertiary/aromatic N) is 1. The molecule has 0 aliphatic heterocycles. The van der Waals surface area contributed by atoms with Crippen LogP contribution in [0, 0.1) is 0 Å². The molecule has 1 heterocycles. The Hall–Kier alpha value is -2.82. The minimum atomic E-state index is -1.56. The number of pyridine rings is 1. The molecule has 0 saturated heterocycles. The van der Waals surface area contributed by atoms with Crippen LogP contribution in [0.3, 0.4) is 0 Å². The van der Waals surface area contributed by atoms with Crippen LogP contribution < -0.4 is 5.73 Å². The standard InChI is InChI=1S/C16H12N2O3/c17-13(19)9-16(10-5-7-18-8-6-10)14(20)11-3-1-2-4-12(11)15(16)21/h1-8H,9H2,(H2,17,19). The first-order valence-corrected chi connectivity index (χ1v) is 6.45. The number of nitrogens with two attached hydrogens (primary N) is 1. The lowest BCUT2D eigenvalue weighted by Crippen LogP contribution is -2.42. The van der Waals surface area contributed by atoms with E-state index in [9.17, 15) is 14.4 Å². The molecule has 2 aromatic rings. The molecule has 0 radical (unpaired) electrons. The maximum absolute atomic E-state index is 12.8. The molecule has 104 valence electrons. The van der Waals surface area contributed by atoms with E-state index in [0.717, 1.165) is 0 Å². The summed E-state index contributed by atoms with van der Waals surface area (Å²) in [4.78, 5) is 41.0. The third-order valence-corrected chi connectivity index (χ3v) is 3.80. The normalized spacial score (nSPS) is 15.8. The molecule has 1 aliphatic rings. The zero-order valence-corrected chi connectivity index (χ0v) is 11.1. The van der Waals surface area contributed by atoms with E-state index in [2.05, 4.69) is 4.98 Å². The van der Waals surface area contributed by atoms with Gasteiger partial charge in [-0.25, -0.2) is 0 Å². The predicted molar refractivity (Wildman–Crippen MR) is 74.8 cm³/mol. The SMILES string of the molecule is NC(=O)CC1(c2ccncc2)C(=O)c2ccccc2C1=O. The van der Waals surface area contributed by atoms with Crippen LogP contribution in [0.2, 0.25) is 0 Å². The second-order valence-corrected chi connectivity index (χ2v) is 4.99. The van der Waals surface area contributed by atoms with Crippen molar-refractivity contribution in [1.29, 1.82) is 0 Å². The molecule has 0 unspecified atom stereocenters. The number of amides is 1. The number of hydrogen-bond acceptors (Lipinski definition) is 4. The molecule has 0 bridgehead atoms. The summed E-state index contributed by atoms with van der Waals surface area (Å²) in [6.07, 6.45) is 2.63. The van der Waals surface area contributed by atoms with Crippen LogP contribution in [0.4, 0.5) is 0 Å². The highest BCUT2D eigenvalue weighted by Gasteiger charge is 2.54. The first-order valence-electron chi connectivity index (χ1n) is 6.45. The van der Waals surface area contributed by atoms with Gasteiger partial charge < -0.3 is 5.73 Å². The third-order valence-electron chi connectivity index (χ3n) is 3.80. The van der Waals surface area contributed by atoms with Crippen molar-refractivity contribution in [2.45, 2.75) is 11.8 Å². The Kier molecular flexibility index (Phi) is 2.90. The third kappa shape index (κ3) is 1.78. The van der Waals surface area contributed by atoms with Gasteiger partial charge in [-0.3, -0.25) is 19.4 Å². The molecule has 1 aromatic heterocycles. The summed E-state index contributed by atoms with van der Waals surface area (Å²) >= 11 is 0. The first-order chi connectivity index (χ1) is 10.1. The van der Waals surface area contributed by atoms with Gasteiger partial charge in [0.05, 0.1) is 6.42 Å². The first kappa shape index (κ1) is 13.2. The van der Waals surface area contributed by atoms with Gasteiger partial charge in [-0.15, -0.1) is 0 Å². The number of benzene rings is 1. The van der Waals surface area contributed by atoms with Gasteiger partial charge in [-0.2, -0.15) is 0 Å². The van der Waals surface area contributed by atoms with Crippen LogP contribution in [0.1, 0.15) is 32.7 Å². The lowest BCUT2D eigenvalue weighted by molar-refractivity contribution is -0.118. The smallest absolute Gasteiger partial charge is 0.219 e. The number of rotatable bonds is 3. The van der Waals surface area contributed by atoms with Crippen LogP contribution in [0.25, 0.3) is 0 Å². The molecule has 1 aliphatic carbocycles. The zero-order chi connectivity index (χ0) is 15.0. The van der Waals surface area contributed by atoms with Gasteiger partial charge in [-0.05, 0) is 17.7 Å². The molecule has 1 amide bonds. The van der Waals surface area contributed by atoms with Crippen molar-refractivity contribution in [3.8, 4) is 0 Å². The van der Waals surface area contributed by atoms with Gasteiger partial charge in [0.15, 0.2) is 11.6 Å². The number of carbonyl (C=O) groups is 3. The van der Waals surface area contributed by atoms with Crippen LogP contribution >= 0.6 is 0 Å².